The van der Waals surface area contributed by atoms with E-state index in [1.54, 1.807) is 6.92 Å². The van der Waals surface area contributed by atoms with E-state index in [0.717, 1.165) is 35.1 Å². The van der Waals surface area contributed by atoms with Crippen molar-refractivity contribution in [2.75, 3.05) is 0 Å². The van der Waals surface area contributed by atoms with E-state index in [1.165, 1.54) is 0 Å². The maximum absolute atomic E-state index is 11.3. The Hall–Kier alpha value is -2.13. The van der Waals surface area contributed by atoms with E-state index in [4.69, 9.17) is 0 Å². The SMILES string of the molecule is CC(O)c1ccc(-c2ccc(C3(C(=O)O)CC3)cc2)cc1. The second kappa shape index (κ2) is 5.01. The zero-order chi connectivity index (χ0) is 15.0. The number of aliphatic carboxylic acids is 1. The second-order valence-electron chi connectivity index (χ2n) is 5.76. The monoisotopic (exact) mass is 282 g/mol. The van der Waals surface area contributed by atoms with Gasteiger partial charge in [-0.25, -0.2) is 0 Å². The lowest BCUT2D eigenvalue weighted by Crippen LogP contribution is -2.19. The van der Waals surface area contributed by atoms with Gasteiger partial charge in [0.2, 0.25) is 0 Å². The lowest BCUT2D eigenvalue weighted by molar-refractivity contribution is -0.140. The molecule has 0 aliphatic heterocycles. The summed E-state index contributed by atoms with van der Waals surface area (Å²) >= 11 is 0. The summed E-state index contributed by atoms with van der Waals surface area (Å²) in [4.78, 5) is 11.3. The molecule has 108 valence electrons. The van der Waals surface area contributed by atoms with Crippen LogP contribution < -0.4 is 0 Å². The zero-order valence-electron chi connectivity index (χ0n) is 11.9. The summed E-state index contributed by atoms with van der Waals surface area (Å²) < 4.78 is 0. The molecule has 3 heteroatoms. The minimum Gasteiger partial charge on any atom is -0.481 e. The Bertz CT molecular complexity index is 650. The molecule has 1 fully saturated rings. The summed E-state index contributed by atoms with van der Waals surface area (Å²) in [7, 11) is 0. The molecule has 3 nitrogen and oxygen atoms in total. The molecule has 0 radical (unpaired) electrons. The quantitative estimate of drug-likeness (QED) is 0.902. The van der Waals surface area contributed by atoms with Gasteiger partial charge in [0.15, 0.2) is 0 Å². The Morgan fingerprint density at radius 2 is 1.48 bits per heavy atom. The van der Waals surface area contributed by atoms with Gasteiger partial charge in [-0.3, -0.25) is 4.79 Å². The van der Waals surface area contributed by atoms with Crippen LogP contribution in [-0.4, -0.2) is 16.2 Å². The zero-order valence-corrected chi connectivity index (χ0v) is 11.9. The van der Waals surface area contributed by atoms with Gasteiger partial charge in [0.25, 0.3) is 0 Å². The van der Waals surface area contributed by atoms with Gasteiger partial charge in [0.1, 0.15) is 0 Å². The summed E-state index contributed by atoms with van der Waals surface area (Å²) in [5, 5.41) is 18.8. The summed E-state index contributed by atoms with van der Waals surface area (Å²) in [5.41, 5.74) is 3.25. The van der Waals surface area contributed by atoms with Crippen LogP contribution in [0, 0.1) is 0 Å². The fraction of sp³-hybridized carbons (Fsp3) is 0.278. The molecule has 3 rings (SSSR count). The predicted molar refractivity (Wildman–Crippen MR) is 81.1 cm³/mol. The Balaban J connectivity index is 1.86. The molecular weight excluding hydrogens is 264 g/mol. The molecule has 1 unspecified atom stereocenters. The first-order valence-corrected chi connectivity index (χ1v) is 7.15. The Morgan fingerprint density at radius 3 is 1.86 bits per heavy atom. The smallest absolute Gasteiger partial charge is 0.314 e. The van der Waals surface area contributed by atoms with Crippen molar-refractivity contribution in [3.05, 3.63) is 59.7 Å². The minimum atomic E-state index is -0.725. The second-order valence-corrected chi connectivity index (χ2v) is 5.76. The van der Waals surface area contributed by atoms with Gasteiger partial charge in [0.05, 0.1) is 11.5 Å². The largest absolute Gasteiger partial charge is 0.481 e. The van der Waals surface area contributed by atoms with Crippen molar-refractivity contribution in [1.82, 2.24) is 0 Å². The fourth-order valence-corrected chi connectivity index (χ4v) is 2.69. The normalized spacial score (nSPS) is 17.2. The van der Waals surface area contributed by atoms with Crippen molar-refractivity contribution in [1.29, 1.82) is 0 Å². The van der Waals surface area contributed by atoms with Crippen molar-refractivity contribution < 1.29 is 15.0 Å². The van der Waals surface area contributed by atoms with E-state index < -0.39 is 17.5 Å². The van der Waals surface area contributed by atoms with Crippen LogP contribution in [-0.2, 0) is 10.2 Å². The highest BCUT2D eigenvalue weighted by molar-refractivity contribution is 5.85. The average molecular weight is 282 g/mol. The first kappa shape index (κ1) is 13.8. The first-order chi connectivity index (χ1) is 10.0. The van der Waals surface area contributed by atoms with Gasteiger partial charge < -0.3 is 10.2 Å². The van der Waals surface area contributed by atoms with E-state index in [1.807, 2.05) is 48.5 Å². The summed E-state index contributed by atoms with van der Waals surface area (Å²) in [6.07, 6.45) is 0.988. The third kappa shape index (κ3) is 2.45. The van der Waals surface area contributed by atoms with Crippen LogP contribution in [0.15, 0.2) is 48.5 Å². The van der Waals surface area contributed by atoms with Crippen LogP contribution >= 0.6 is 0 Å². The Kier molecular flexibility index (Phi) is 3.30. The highest BCUT2D eigenvalue weighted by atomic mass is 16.4. The standard InChI is InChI=1S/C18H18O3/c1-12(19)13-2-4-14(5-3-13)15-6-8-16(9-7-15)18(10-11-18)17(20)21/h2-9,12,19H,10-11H2,1H3,(H,20,21). The molecule has 21 heavy (non-hydrogen) atoms. The van der Waals surface area contributed by atoms with Crippen LogP contribution in [0.25, 0.3) is 11.1 Å². The predicted octanol–water partition coefficient (Wildman–Crippen LogP) is 3.52. The topological polar surface area (TPSA) is 57.5 Å². The van der Waals surface area contributed by atoms with Crippen LogP contribution in [0.3, 0.4) is 0 Å². The van der Waals surface area contributed by atoms with Crippen LogP contribution in [0.1, 0.15) is 37.0 Å². The van der Waals surface area contributed by atoms with Crippen LogP contribution in [0.4, 0.5) is 0 Å². The lowest BCUT2D eigenvalue weighted by atomic mass is 9.93. The number of carboxylic acids is 1. The van der Waals surface area contributed by atoms with E-state index >= 15 is 0 Å². The van der Waals surface area contributed by atoms with Gasteiger partial charge >= 0.3 is 5.97 Å². The maximum atomic E-state index is 11.3. The van der Waals surface area contributed by atoms with Crippen molar-refractivity contribution in [3.8, 4) is 11.1 Å². The van der Waals surface area contributed by atoms with Crippen LogP contribution in [0.5, 0.6) is 0 Å². The number of carbonyl (C=O) groups is 1. The molecule has 0 amide bonds. The minimum absolute atomic E-state index is 0.466. The molecule has 1 saturated carbocycles. The Morgan fingerprint density at radius 1 is 1.00 bits per heavy atom. The van der Waals surface area contributed by atoms with E-state index in [2.05, 4.69) is 0 Å². The molecule has 1 aliphatic rings. The maximum Gasteiger partial charge on any atom is 0.314 e. The van der Waals surface area contributed by atoms with Gasteiger partial charge in [-0.2, -0.15) is 0 Å². The van der Waals surface area contributed by atoms with Gasteiger partial charge in [-0.15, -0.1) is 0 Å². The molecular formula is C18H18O3. The van der Waals surface area contributed by atoms with Crippen molar-refractivity contribution in [3.63, 3.8) is 0 Å². The molecule has 0 heterocycles. The van der Waals surface area contributed by atoms with Gasteiger partial charge in [0, 0.05) is 0 Å². The van der Waals surface area contributed by atoms with Crippen molar-refractivity contribution in [2.24, 2.45) is 0 Å². The molecule has 2 aromatic carbocycles. The summed E-state index contributed by atoms with van der Waals surface area (Å²) in [6.45, 7) is 1.74. The highest BCUT2D eigenvalue weighted by Gasteiger charge is 2.51. The molecule has 0 bridgehead atoms. The Labute approximate surface area is 123 Å². The molecule has 1 atom stereocenters. The third-order valence-corrected chi connectivity index (χ3v) is 4.32. The summed E-state index contributed by atoms with van der Waals surface area (Å²) in [6, 6.07) is 15.5. The molecule has 1 aliphatic carbocycles. The number of carboxylic acid groups (broad SMARTS) is 1. The third-order valence-electron chi connectivity index (χ3n) is 4.32. The number of hydrogen-bond acceptors (Lipinski definition) is 2. The molecule has 0 aromatic heterocycles. The number of rotatable bonds is 4. The molecule has 0 saturated heterocycles. The molecule has 2 N–H and O–H groups in total. The summed E-state index contributed by atoms with van der Waals surface area (Å²) in [5.74, 6) is -0.725. The number of aliphatic hydroxyl groups excluding tert-OH is 1. The molecule has 2 aromatic rings. The van der Waals surface area contributed by atoms with E-state index in [0.29, 0.717) is 0 Å². The lowest BCUT2D eigenvalue weighted by Gasteiger charge is -2.11. The van der Waals surface area contributed by atoms with Crippen molar-refractivity contribution in [2.45, 2.75) is 31.3 Å². The molecule has 0 spiro atoms. The van der Waals surface area contributed by atoms with Crippen molar-refractivity contribution >= 4 is 5.97 Å². The van der Waals surface area contributed by atoms with Gasteiger partial charge in [-0.05, 0) is 42.0 Å². The van der Waals surface area contributed by atoms with Crippen LogP contribution in [0.2, 0.25) is 0 Å². The van der Waals surface area contributed by atoms with E-state index in [-0.39, 0.29) is 0 Å². The highest BCUT2D eigenvalue weighted by Crippen LogP contribution is 2.48. The first-order valence-electron chi connectivity index (χ1n) is 7.15. The van der Waals surface area contributed by atoms with Gasteiger partial charge in [-0.1, -0.05) is 48.5 Å². The number of hydrogen-bond donors (Lipinski definition) is 2. The average Bonchev–Trinajstić information content (AvgIpc) is 3.29. The number of aliphatic hydroxyl groups is 1. The fourth-order valence-electron chi connectivity index (χ4n) is 2.69. The van der Waals surface area contributed by atoms with E-state index in [9.17, 15) is 15.0 Å². The number of benzene rings is 2.